The first-order valence-electron chi connectivity index (χ1n) is 23.8. The monoisotopic (exact) mass is 752 g/mol. The minimum atomic E-state index is -0.670. The van der Waals surface area contributed by atoms with Gasteiger partial charge in [-0.25, -0.2) is 0 Å². The van der Waals surface area contributed by atoms with Crippen molar-refractivity contribution in [2.75, 3.05) is 13.2 Å². The Morgan fingerprint density at radius 1 is 0.453 bits per heavy atom. The standard InChI is InChI=1S/C47H93NO5/c1-3-5-7-9-11-13-15-16-17-21-25-29-33-37-41-47(52)53-42-38-34-30-26-22-19-18-20-24-28-32-36-40-46(51)48-44(43-49)45(50)39-35-31-27-23-14-12-10-8-6-4-2/h44-45,49-50H,3-43H2,1-2H3,(H,48,51). The molecule has 6 heteroatoms. The first kappa shape index (κ1) is 51.9. The molecule has 0 saturated heterocycles. The van der Waals surface area contributed by atoms with E-state index in [4.69, 9.17) is 4.74 Å². The van der Waals surface area contributed by atoms with Crippen molar-refractivity contribution in [2.45, 2.75) is 276 Å². The highest BCUT2D eigenvalue weighted by Gasteiger charge is 2.20. The van der Waals surface area contributed by atoms with E-state index in [1.165, 1.54) is 173 Å². The zero-order chi connectivity index (χ0) is 38.7. The molecule has 0 aliphatic carbocycles. The Hall–Kier alpha value is -1.14. The Labute approximate surface area is 330 Å². The van der Waals surface area contributed by atoms with E-state index in [1.807, 2.05) is 0 Å². The van der Waals surface area contributed by atoms with Crippen LogP contribution in [-0.4, -0.2) is 47.4 Å². The number of carbonyl (C=O) groups is 2. The van der Waals surface area contributed by atoms with Gasteiger partial charge in [-0.1, -0.05) is 226 Å². The van der Waals surface area contributed by atoms with Crippen LogP contribution in [0.4, 0.5) is 0 Å². The largest absolute Gasteiger partial charge is 0.466 e. The zero-order valence-corrected chi connectivity index (χ0v) is 35.8. The third kappa shape index (κ3) is 40.3. The minimum absolute atomic E-state index is 0.00704. The maximum atomic E-state index is 12.4. The summed E-state index contributed by atoms with van der Waals surface area (Å²) in [5.41, 5.74) is 0. The van der Waals surface area contributed by atoms with Gasteiger partial charge in [-0.05, 0) is 25.7 Å². The molecule has 0 aromatic rings. The number of amides is 1. The maximum absolute atomic E-state index is 12.4. The third-order valence-electron chi connectivity index (χ3n) is 11.2. The number of hydrogen-bond acceptors (Lipinski definition) is 5. The van der Waals surface area contributed by atoms with Crippen molar-refractivity contribution in [1.29, 1.82) is 0 Å². The van der Waals surface area contributed by atoms with Crippen molar-refractivity contribution in [3.63, 3.8) is 0 Å². The van der Waals surface area contributed by atoms with E-state index in [9.17, 15) is 19.8 Å². The van der Waals surface area contributed by atoms with E-state index in [2.05, 4.69) is 19.2 Å². The average Bonchev–Trinajstić information content (AvgIpc) is 3.16. The number of unbranched alkanes of at least 4 members (excludes halogenated alkanes) is 33. The van der Waals surface area contributed by atoms with Crippen LogP contribution in [0.15, 0.2) is 0 Å². The lowest BCUT2D eigenvalue weighted by molar-refractivity contribution is -0.143. The second-order valence-electron chi connectivity index (χ2n) is 16.5. The molecule has 0 aromatic carbocycles. The van der Waals surface area contributed by atoms with E-state index >= 15 is 0 Å². The van der Waals surface area contributed by atoms with Crippen LogP contribution >= 0.6 is 0 Å². The summed E-state index contributed by atoms with van der Waals surface area (Å²) in [5, 5.41) is 23.1. The lowest BCUT2D eigenvalue weighted by Crippen LogP contribution is -2.45. The lowest BCUT2D eigenvalue weighted by atomic mass is 10.0. The highest BCUT2D eigenvalue weighted by molar-refractivity contribution is 5.76. The molecule has 0 rings (SSSR count). The molecule has 0 fully saturated rings. The van der Waals surface area contributed by atoms with Crippen molar-refractivity contribution >= 4 is 11.9 Å². The van der Waals surface area contributed by atoms with Gasteiger partial charge in [0.05, 0.1) is 25.4 Å². The smallest absolute Gasteiger partial charge is 0.305 e. The van der Waals surface area contributed by atoms with Gasteiger partial charge >= 0.3 is 5.97 Å². The van der Waals surface area contributed by atoms with Gasteiger partial charge in [-0.2, -0.15) is 0 Å². The first-order chi connectivity index (χ1) is 26.0. The van der Waals surface area contributed by atoms with Crippen LogP contribution in [0.1, 0.15) is 264 Å². The van der Waals surface area contributed by atoms with Crippen molar-refractivity contribution < 1.29 is 24.5 Å². The summed E-state index contributed by atoms with van der Waals surface area (Å²) in [6, 6.07) is -0.549. The van der Waals surface area contributed by atoms with E-state index in [0.717, 1.165) is 57.8 Å². The highest BCUT2D eigenvalue weighted by Crippen LogP contribution is 2.16. The molecule has 0 aliphatic heterocycles. The molecule has 0 radical (unpaired) electrons. The summed E-state index contributed by atoms with van der Waals surface area (Å²) in [4.78, 5) is 24.4. The van der Waals surface area contributed by atoms with Crippen LogP contribution in [0.2, 0.25) is 0 Å². The third-order valence-corrected chi connectivity index (χ3v) is 11.2. The number of nitrogens with one attached hydrogen (secondary N) is 1. The summed E-state index contributed by atoms with van der Waals surface area (Å²) in [6.07, 6.45) is 46.3. The van der Waals surface area contributed by atoms with Gasteiger partial charge in [0.2, 0.25) is 5.91 Å². The van der Waals surface area contributed by atoms with E-state index < -0.39 is 12.1 Å². The van der Waals surface area contributed by atoms with Crippen LogP contribution in [0.5, 0.6) is 0 Å². The Morgan fingerprint density at radius 2 is 0.774 bits per heavy atom. The van der Waals surface area contributed by atoms with Gasteiger partial charge in [0.25, 0.3) is 0 Å². The molecule has 3 N–H and O–H groups in total. The minimum Gasteiger partial charge on any atom is -0.466 e. The Bertz CT molecular complexity index is 746. The van der Waals surface area contributed by atoms with Crippen LogP contribution in [-0.2, 0) is 14.3 Å². The fourth-order valence-electron chi connectivity index (χ4n) is 7.46. The van der Waals surface area contributed by atoms with Crippen LogP contribution in [0, 0.1) is 0 Å². The van der Waals surface area contributed by atoms with E-state index in [0.29, 0.717) is 25.9 Å². The van der Waals surface area contributed by atoms with Crippen molar-refractivity contribution in [1.82, 2.24) is 5.32 Å². The Kier molecular flexibility index (Phi) is 42.6. The van der Waals surface area contributed by atoms with Crippen LogP contribution in [0.3, 0.4) is 0 Å². The molecule has 53 heavy (non-hydrogen) atoms. The van der Waals surface area contributed by atoms with Gasteiger partial charge in [0, 0.05) is 12.8 Å². The van der Waals surface area contributed by atoms with Gasteiger partial charge in [0.15, 0.2) is 0 Å². The highest BCUT2D eigenvalue weighted by atomic mass is 16.5. The number of ether oxygens (including phenoxy) is 1. The van der Waals surface area contributed by atoms with Gasteiger partial charge in [-0.3, -0.25) is 9.59 Å². The second kappa shape index (κ2) is 43.6. The number of hydrogen-bond donors (Lipinski definition) is 3. The SMILES string of the molecule is CCCCCCCCCCCCCCCCC(=O)OCCCCCCCCCCCCCCC(=O)NC(CO)C(O)CCCCCCCCCCCC. The number of esters is 1. The summed E-state index contributed by atoms with van der Waals surface area (Å²) in [7, 11) is 0. The van der Waals surface area contributed by atoms with Gasteiger partial charge in [0.1, 0.15) is 0 Å². The van der Waals surface area contributed by atoms with Gasteiger partial charge < -0.3 is 20.3 Å². The fraction of sp³-hybridized carbons (Fsp3) is 0.957. The number of rotatable bonds is 44. The number of aliphatic hydroxyl groups is 2. The molecule has 2 unspecified atom stereocenters. The lowest BCUT2D eigenvalue weighted by Gasteiger charge is -2.22. The second-order valence-corrected chi connectivity index (χ2v) is 16.5. The molecule has 1 amide bonds. The molecule has 6 nitrogen and oxygen atoms in total. The Morgan fingerprint density at radius 3 is 1.15 bits per heavy atom. The molecular formula is C47H93NO5. The summed E-state index contributed by atoms with van der Waals surface area (Å²) in [5.74, 6) is -0.0584. The van der Waals surface area contributed by atoms with Crippen LogP contribution in [0.25, 0.3) is 0 Å². The average molecular weight is 752 g/mol. The predicted octanol–water partition coefficient (Wildman–Crippen LogP) is 13.6. The topological polar surface area (TPSA) is 95.9 Å². The van der Waals surface area contributed by atoms with Crippen molar-refractivity contribution in [3.8, 4) is 0 Å². The predicted molar refractivity (Wildman–Crippen MR) is 227 cm³/mol. The first-order valence-corrected chi connectivity index (χ1v) is 23.8. The molecule has 0 heterocycles. The molecule has 0 bridgehead atoms. The quantitative estimate of drug-likeness (QED) is 0.0425. The number of carbonyl (C=O) groups excluding carboxylic acids is 2. The molecule has 316 valence electrons. The molecule has 0 aliphatic rings. The molecule has 0 spiro atoms. The van der Waals surface area contributed by atoms with Gasteiger partial charge in [-0.15, -0.1) is 0 Å². The molecular weight excluding hydrogens is 659 g/mol. The van der Waals surface area contributed by atoms with Crippen LogP contribution < -0.4 is 5.32 Å². The van der Waals surface area contributed by atoms with E-state index in [1.54, 1.807) is 0 Å². The fourth-order valence-corrected chi connectivity index (χ4v) is 7.46. The normalized spacial score (nSPS) is 12.6. The summed E-state index contributed by atoms with van der Waals surface area (Å²) in [6.45, 7) is 4.91. The molecule has 2 atom stereocenters. The van der Waals surface area contributed by atoms with Crippen molar-refractivity contribution in [3.05, 3.63) is 0 Å². The maximum Gasteiger partial charge on any atom is 0.305 e. The molecule has 0 saturated carbocycles. The van der Waals surface area contributed by atoms with E-state index in [-0.39, 0.29) is 18.5 Å². The number of aliphatic hydroxyl groups excluding tert-OH is 2. The van der Waals surface area contributed by atoms with Crippen molar-refractivity contribution in [2.24, 2.45) is 0 Å². The summed E-state index contributed by atoms with van der Waals surface area (Å²) < 4.78 is 5.45. The summed E-state index contributed by atoms with van der Waals surface area (Å²) >= 11 is 0. The Balaban J connectivity index is 3.43. The molecule has 0 aromatic heterocycles. The zero-order valence-electron chi connectivity index (χ0n) is 35.8.